The van der Waals surface area contributed by atoms with Crippen molar-refractivity contribution < 1.29 is 18.8 Å². The first kappa shape index (κ1) is 27.8. The number of nitrogen functional groups attached to an aromatic ring is 1. The first-order valence-electron chi connectivity index (χ1n) is 13.2. The van der Waals surface area contributed by atoms with Crippen LogP contribution in [0, 0.1) is 10.7 Å². The molecule has 1 amide bonds. The van der Waals surface area contributed by atoms with Crippen LogP contribution < -0.4 is 11.1 Å². The number of anilines is 1. The zero-order valence-corrected chi connectivity index (χ0v) is 23.9. The molecular formula is C31H32BN3O4S. The molecular weight excluding hydrogens is 521 g/mol. The maximum atomic E-state index is 13.0. The van der Waals surface area contributed by atoms with Crippen LogP contribution in [-0.2, 0) is 14.0 Å². The van der Waals surface area contributed by atoms with Crippen molar-refractivity contribution in [2.24, 2.45) is 0 Å². The molecule has 1 heterocycles. The summed E-state index contributed by atoms with van der Waals surface area (Å²) in [6.45, 7) is 8.24. The summed E-state index contributed by atoms with van der Waals surface area (Å²) >= 11 is 1.05. The summed E-state index contributed by atoms with van der Waals surface area (Å²) in [6, 6.07) is 21.8. The number of fused-ring (bicyclic) bond motifs is 3. The summed E-state index contributed by atoms with van der Waals surface area (Å²) in [5.74, 6) is -0.0311. The summed E-state index contributed by atoms with van der Waals surface area (Å²) in [6.07, 6.45) is 1.31. The third-order valence-corrected chi connectivity index (χ3v) is 8.48. The first-order chi connectivity index (χ1) is 19.1. The van der Waals surface area contributed by atoms with Gasteiger partial charge in [-0.2, -0.15) is 5.26 Å². The van der Waals surface area contributed by atoms with Crippen molar-refractivity contribution in [3.8, 4) is 16.5 Å². The SMILES string of the molecule is CC1(C)OB(C(=Cc2cc(SC#N)ccc2N)CNC(=O)OCC2c3ccccc3-c3ccccc32)OC1(C)C. The van der Waals surface area contributed by atoms with E-state index in [0.717, 1.165) is 27.8 Å². The number of rotatable bonds is 7. The number of alkyl carbamates (subject to hydrolysis) is 1. The van der Waals surface area contributed by atoms with E-state index in [-0.39, 0.29) is 19.1 Å². The van der Waals surface area contributed by atoms with Gasteiger partial charge in [-0.05, 0) is 90.9 Å². The van der Waals surface area contributed by atoms with Crippen molar-refractivity contribution in [2.45, 2.75) is 49.7 Å². The van der Waals surface area contributed by atoms with E-state index in [1.54, 1.807) is 12.1 Å². The summed E-state index contributed by atoms with van der Waals surface area (Å²) < 4.78 is 18.3. The van der Waals surface area contributed by atoms with E-state index in [4.69, 9.17) is 25.0 Å². The Morgan fingerprint density at radius 1 is 1.05 bits per heavy atom. The van der Waals surface area contributed by atoms with Gasteiger partial charge < -0.3 is 25.1 Å². The van der Waals surface area contributed by atoms with Gasteiger partial charge in [-0.15, -0.1) is 0 Å². The van der Waals surface area contributed by atoms with Gasteiger partial charge in [-0.3, -0.25) is 0 Å². The average Bonchev–Trinajstić information content (AvgIpc) is 3.36. The zero-order chi connectivity index (χ0) is 28.5. The Morgan fingerprint density at radius 2 is 1.65 bits per heavy atom. The number of thioether (sulfide) groups is 1. The lowest BCUT2D eigenvalue weighted by Crippen LogP contribution is -2.41. The number of amides is 1. The average molecular weight is 553 g/mol. The third kappa shape index (κ3) is 5.48. The van der Waals surface area contributed by atoms with Crippen LogP contribution in [0.15, 0.2) is 77.1 Å². The number of ether oxygens (including phenoxy) is 1. The first-order valence-corrected chi connectivity index (χ1v) is 14.0. The predicted octanol–water partition coefficient (Wildman–Crippen LogP) is 6.40. The molecule has 204 valence electrons. The molecule has 9 heteroatoms. The highest BCUT2D eigenvalue weighted by atomic mass is 32.2. The number of carbonyl (C=O) groups excluding carboxylic acids is 1. The summed E-state index contributed by atoms with van der Waals surface area (Å²) in [7, 11) is -0.703. The van der Waals surface area contributed by atoms with Crippen molar-refractivity contribution in [3.05, 3.63) is 88.9 Å². The quantitative estimate of drug-likeness (QED) is 0.151. The number of nitrogens with two attached hydrogens (primary N) is 1. The minimum atomic E-state index is -0.703. The fourth-order valence-corrected chi connectivity index (χ4v) is 5.44. The largest absolute Gasteiger partial charge is 0.492 e. The Labute approximate surface area is 239 Å². The smallest absolute Gasteiger partial charge is 0.449 e. The van der Waals surface area contributed by atoms with Gasteiger partial charge in [-0.1, -0.05) is 54.6 Å². The van der Waals surface area contributed by atoms with Crippen molar-refractivity contribution in [2.75, 3.05) is 18.9 Å². The Hall–Kier alpha value is -3.71. The van der Waals surface area contributed by atoms with Crippen LogP contribution >= 0.6 is 11.8 Å². The van der Waals surface area contributed by atoms with Crippen LogP contribution in [0.4, 0.5) is 10.5 Å². The Morgan fingerprint density at radius 3 is 2.25 bits per heavy atom. The van der Waals surface area contributed by atoms with Gasteiger partial charge >= 0.3 is 13.2 Å². The van der Waals surface area contributed by atoms with E-state index in [0.29, 0.717) is 16.7 Å². The van der Waals surface area contributed by atoms with E-state index in [1.807, 2.05) is 64.1 Å². The Balaban J connectivity index is 1.33. The standard InChI is InChI=1S/C31H32BN3O4S/c1-30(2)31(3,4)39-32(38-30)21(15-20-16-22(40-19-33)13-14-28(20)34)17-35-29(36)37-18-27-25-11-7-5-9-23(25)24-10-6-8-12-26(24)27/h5-16,27H,17-18,34H2,1-4H3,(H,35,36). The second-order valence-electron chi connectivity index (χ2n) is 11.0. The lowest BCUT2D eigenvalue weighted by molar-refractivity contribution is 0.00578. The monoisotopic (exact) mass is 553 g/mol. The molecule has 3 aromatic rings. The Kier molecular flexibility index (Phi) is 7.69. The van der Waals surface area contributed by atoms with Gasteiger partial charge in [-0.25, -0.2) is 4.79 Å². The number of hydrogen-bond donors (Lipinski definition) is 2. The third-order valence-electron chi connectivity index (χ3n) is 7.90. The highest BCUT2D eigenvalue weighted by molar-refractivity contribution is 8.03. The second kappa shape index (κ2) is 11.0. The molecule has 1 fully saturated rings. The number of benzene rings is 3. The topological polar surface area (TPSA) is 107 Å². The van der Waals surface area contributed by atoms with Crippen molar-refractivity contribution in [1.29, 1.82) is 5.26 Å². The molecule has 1 saturated heterocycles. The van der Waals surface area contributed by atoms with Crippen LogP contribution in [0.5, 0.6) is 0 Å². The fourth-order valence-electron chi connectivity index (χ4n) is 5.01. The number of carbonyl (C=O) groups is 1. The highest BCUT2D eigenvalue weighted by Gasteiger charge is 2.52. The number of thiocyanates is 1. The molecule has 1 aliphatic heterocycles. The van der Waals surface area contributed by atoms with Crippen molar-refractivity contribution in [3.63, 3.8) is 0 Å². The van der Waals surface area contributed by atoms with Gasteiger partial charge in [0.15, 0.2) is 0 Å². The van der Waals surface area contributed by atoms with E-state index in [9.17, 15) is 4.79 Å². The highest BCUT2D eigenvalue weighted by Crippen LogP contribution is 2.44. The predicted molar refractivity (Wildman–Crippen MR) is 159 cm³/mol. The van der Waals surface area contributed by atoms with Gasteiger partial charge in [0.2, 0.25) is 0 Å². The molecule has 3 N–H and O–H groups in total. The van der Waals surface area contributed by atoms with Crippen LogP contribution in [0.25, 0.3) is 17.2 Å². The lowest BCUT2D eigenvalue weighted by Gasteiger charge is -2.32. The summed E-state index contributed by atoms with van der Waals surface area (Å²) in [5, 5.41) is 14.1. The van der Waals surface area contributed by atoms with Crippen LogP contribution in [0.3, 0.4) is 0 Å². The molecule has 0 spiro atoms. The molecule has 0 aromatic heterocycles. The summed E-state index contributed by atoms with van der Waals surface area (Å²) in [4.78, 5) is 13.7. The number of nitrogens with zero attached hydrogens (tertiary/aromatic N) is 1. The van der Waals surface area contributed by atoms with Gasteiger partial charge in [0.1, 0.15) is 12.0 Å². The van der Waals surface area contributed by atoms with E-state index < -0.39 is 24.4 Å². The van der Waals surface area contributed by atoms with Crippen LogP contribution in [0.2, 0.25) is 0 Å². The number of hydrogen-bond acceptors (Lipinski definition) is 7. The number of nitrogens with one attached hydrogen (secondary N) is 1. The van der Waals surface area contributed by atoms with Crippen molar-refractivity contribution in [1.82, 2.24) is 5.32 Å². The Bertz CT molecular complexity index is 1450. The molecule has 7 nitrogen and oxygen atoms in total. The van der Waals surface area contributed by atoms with E-state index >= 15 is 0 Å². The second-order valence-corrected chi connectivity index (χ2v) is 11.8. The molecule has 0 radical (unpaired) electrons. The van der Waals surface area contributed by atoms with Crippen LogP contribution in [-0.4, -0.2) is 37.6 Å². The molecule has 0 bridgehead atoms. The molecule has 5 rings (SSSR count). The zero-order valence-electron chi connectivity index (χ0n) is 23.1. The van der Waals surface area contributed by atoms with Gasteiger partial charge in [0.05, 0.1) is 11.2 Å². The minimum absolute atomic E-state index is 0.0311. The maximum Gasteiger partial charge on any atom is 0.492 e. The van der Waals surface area contributed by atoms with Crippen molar-refractivity contribution >= 4 is 36.7 Å². The molecule has 0 atom stereocenters. The molecule has 0 unspecified atom stereocenters. The molecule has 3 aromatic carbocycles. The minimum Gasteiger partial charge on any atom is -0.449 e. The number of nitriles is 1. The molecule has 1 aliphatic carbocycles. The molecule has 40 heavy (non-hydrogen) atoms. The van der Waals surface area contributed by atoms with Gasteiger partial charge in [0.25, 0.3) is 0 Å². The molecule has 0 saturated carbocycles. The van der Waals surface area contributed by atoms with E-state index in [1.165, 1.54) is 11.1 Å². The lowest BCUT2D eigenvalue weighted by atomic mass is 9.77. The van der Waals surface area contributed by atoms with E-state index in [2.05, 4.69) is 35.0 Å². The normalized spacial score (nSPS) is 17.2. The van der Waals surface area contributed by atoms with Gasteiger partial charge in [0, 0.05) is 23.0 Å². The maximum absolute atomic E-state index is 13.0. The fraction of sp³-hybridized carbons (Fsp3) is 0.290. The summed E-state index contributed by atoms with van der Waals surface area (Å²) in [5.41, 5.74) is 11.7. The van der Waals surface area contributed by atoms with Crippen LogP contribution in [0.1, 0.15) is 50.3 Å². The molecule has 2 aliphatic rings.